The van der Waals surface area contributed by atoms with Gasteiger partial charge >= 0.3 is 0 Å². The van der Waals surface area contributed by atoms with Crippen LogP contribution in [0.3, 0.4) is 0 Å². The van der Waals surface area contributed by atoms with E-state index in [0.29, 0.717) is 5.75 Å². The minimum atomic E-state index is -4.27. The molecule has 0 saturated heterocycles. The highest BCUT2D eigenvalue weighted by Gasteiger charge is 2.17. The maximum absolute atomic E-state index is 11.2. The summed E-state index contributed by atoms with van der Waals surface area (Å²) in [4.78, 5) is 10.9. The number of carbonyl (C=O) groups excluding carboxylic acids is 1. The van der Waals surface area contributed by atoms with Crippen molar-refractivity contribution < 1.29 is 22.5 Å². The molecule has 16 heavy (non-hydrogen) atoms. The summed E-state index contributed by atoms with van der Waals surface area (Å²) in [6.45, 7) is 0.240. The van der Waals surface area contributed by atoms with Crippen LogP contribution in [-0.4, -0.2) is 25.5 Å². The molecule has 0 bridgehead atoms. The summed E-state index contributed by atoms with van der Waals surface area (Å²) in [6.07, 6.45) is 0.204. The first-order valence-corrected chi connectivity index (χ1v) is 5.95. The van der Waals surface area contributed by atoms with Crippen LogP contribution in [0.5, 0.6) is 5.75 Å². The molecule has 1 aromatic rings. The second kappa shape index (κ2) is 3.76. The van der Waals surface area contributed by atoms with E-state index in [4.69, 9.17) is 9.29 Å². The van der Waals surface area contributed by atoms with Crippen molar-refractivity contribution >= 4 is 21.7 Å². The van der Waals surface area contributed by atoms with Gasteiger partial charge in [0.15, 0.2) is 0 Å². The highest BCUT2D eigenvalue weighted by Crippen LogP contribution is 2.29. The summed E-state index contributed by atoms with van der Waals surface area (Å²) in [7, 11) is -4.27. The molecule has 0 fully saturated rings. The van der Waals surface area contributed by atoms with Crippen molar-refractivity contribution in [2.75, 3.05) is 11.9 Å². The number of hydrogen-bond donors (Lipinski definition) is 2. The van der Waals surface area contributed by atoms with Crippen LogP contribution in [-0.2, 0) is 14.9 Å². The van der Waals surface area contributed by atoms with Gasteiger partial charge in [-0.05, 0) is 18.2 Å². The first-order valence-electron chi connectivity index (χ1n) is 4.51. The largest absolute Gasteiger partial charge is 0.491 e. The molecule has 1 aromatic carbocycles. The molecule has 1 aliphatic rings. The molecule has 0 atom stereocenters. The van der Waals surface area contributed by atoms with Gasteiger partial charge in [-0.2, -0.15) is 8.42 Å². The van der Waals surface area contributed by atoms with E-state index in [1.54, 1.807) is 0 Å². The van der Waals surface area contributed by atoms with Crippen molar-refractivity contribution in [3.63, 3.8) is 0 Å². The van der Waals surface area contributed by atoms with Gasteiger partial charge < -0.3 is 10.1 Å². The summed E-state index contributed by atoms with van der Waals surface area (Å²) in [6, 6.07) is 3.77. The van der Waals surface area contributed by atoms with Crippen molar-refractivity contribution in [2.24, 2.45) is 0 Å². The van der Waals surface area contributed by atoms with E-state index < -0.39 is 10.1 Å². The van der Waals surface area contributed by atoms with Crippen molar-refractivity contribution in [2.45, 2.75) is 11.3 Å². The minimum absolute atomic E-state index is 0.204. The molecule has 0 unspecified atom stereocenters. The Morgan fingerprint density at radius 2 is 2.12 bits per heavy atom. The van der Waals surface area contributed by atoms with Crippen LogP contribution in [0.15, 0.2) is 23.1 Å². The molecule has 86 valence electrons. The number of fused-ring (bicyclic) bond motifs is 1. The zero-order valence-corrected chi connectivity index (χ0v) is 8.95. The van der Waals surface area contributed by atoms with Gasteiger partial charge in [0.1, 0.15) is 5.75 Å². The van der Waals surface area contributed by atoms with Gasteiger partial charge in [-0.3, -0.25) is 9.35 Å². The van der Waals surface area contributed by atoms with Crippen LogP contribution in [0.1, 0.15) is 6.42 Å². The molecule has 0 saturated carbocycles. The Kier molecular flexibility index (Phi) is 2.56. The third kappa shape index (κ3) is 2.15. The van der Waals surface area contributed by atoms with Crippen LogP contribution < -0.4 is 10.1 Å². The fourth-order valence-electron chi connectivity index (χ4n) is 1.36. The minimum Gasteiger partial charge on any atom is -0.491 e. The van der Waals surface area contributed by atoms with Crippen molar-refractivity contribution in [3.05, 3.63) is 18.2 Å². The number of anilines is 1. The van der Waals surface area contributed by atoms with E-state index >= 15 is 0 Å². The van der Waals surface area contributed by atoms with Crippen LogP contribution in [0.4, 0.5) is 5.69 Å². The van der Waals surface area contributed by atoms with Crippen LogP contribution in [0, 0.1) is 0 Å². The molecule has 1 aliphatic heterocycles. The van der Waals surface area contributed by atoms with E-state index in [1.807, 2.05) is 0 Å². The normalized spacial score (nSPS) is 15.7. The molecule has 1 amide bonds. The standard InChI is InChI=1S/C9H9NO5S/c11-9-3-4-15-8-2-1-6(16(12,13)14)5-7(8)10-9/h1-2,5H,3-4H2,(H,10,11)(H,12,13,14). The molecule has 0 aliphatic carbocycles. The summed E-state index contributed by atoms with van der Waals surface area (Å²) in [5, 5.41) is 2.50. The predicted octanol–water partition coefficient (Wildman–Crippen LogP) is 0.654. The molecule has 2 N–H and O–H groups in total. The van der Waals surface area contributed by atoms with Gasteiger partial charge in [0.05, 0.1) is 23.6 Å². The van der Waals surface area contributed by atoms with Gasteiger partial charge in [-0.25, -0.2) is 0 Å². The van der Waals surface area contributed by atoms with Gasteiger partial charge in [-0.1, -0.05) is 0 Å². The van der Waals surface area contributed by atoms with Gasteiger partial charge in [0.2, 0.25) is 5.91 Å². The Balaban J connectivity index is 2.49. The quantitative estimate of drug-likeness (QED) is 0.706. The molecule has 0 aromatic heterocycles. The predicted molar refractivity (Wildman–Crippen MR) is 55.0 cm³/mol. The first kappa shape index (κ1) is 10.9. The number of benzene rings is 1. The lowest BCUT2D eigenvalue weighted by atomic mass is 10.3. The van der Waals surface area contributed by atoms with Gasteiger partial charge in [0, 0.05) is 0 Å². The monoisotopic (exact) mass is 243 g/mol. The summed E-state index contributed by atoms with van der Waals surface area (Å²) < 4.78 is 35.8. The Labute approximate surface area is 92.0 Å². The van der Waals surface area contributed by atoms with E-state index in [-0.39, 0.29) is 29.5 Å². The average molecular weight is 243 g/mol. The van der Waals surface area contributed by atoms with Crippen molar-refractivity contribution in [3.8, 4) is 5.75 Å². The van der Waals surface area contributed by atoms with Crippen LogP contribution >= 0.6 is 0 Å². The highest BCUT2D eigenvalue weighted by atomic mass is 32.2. The smallest absolute Gasteiger partial charge is 0.294 e. The summed E-state index contributed by atoms with van der Waals surface area (Å²) in [5.41, 5.74) is 0.248. The summed E-state index contributed by atoms with van der Waals surface area (Å²) in [5.74, 6) is 0.129. The van der Waals surface area contributed by atoms with E-state index in [0.717, 1.165) is 6.07 Å². The topological polar surface area (TPSA) is 92.7 Å². The number of nitrogens with one attached hydrogen (secondary N) is 1. The molecule has 2 rings (SSSR count). The fourth-order valence-corrected chi connectivity index (χ4v) is 1.87. The average Bonchev–Trinajstić information content (AvgIpc) is 2.35. The van der Waals surface area contributed by atoms with Crippen LogP contribution in [0.25, 0.3) is 0 Å². The van der Waals surface area contributed by atoms with Gasteiger partial charge in [0.25, 0.3) is 10.1 Å². The third-order valence-corrected chi connectivity index (χ3v) is 2.96. The Morgan fingerprint density at radius 3 is 2.81 bits per heavy atom. The second-order valence-corrected chi connectivity index (χ2v) is 4.70. The molecule has 7 heteroatoms. The Hall–Kier alpha value is -1.60. The van der Waals surface area contributed by atoms with E-state index in [1.165, 1.54) is 12.1 Å². The van der Waals surface area contributed by atoms with Crippen molar-refractivity contribution in [1.29, 1.82) is 0 Å². The molecule has 0 radical (unpaired) electrons. The highest BCUT2D eigenvalue weighted by molar-refractivity contribution is 7.85. The molecular weight excluding hydrogens is 234 g/mol. The lowest BCUT2D eigenvalue weighted by Gasteiger charge is -2.07. The Morgan fingerprint density at radius 1 is 1.38 bits per heavy atom. The number of ether oxygens (including phenoxy) is 1. The van der Waals surface area contributed by atoms with Gasteiger partial charge in [-0.15, -0.1) is 0 Å². The number of carbonyl (C=O) groups is 1. The maximum Gasteiger partial charge on any atom is 0.294 e. The molecule has 6 nitrogen and oxygen atoms in total. The Bertz CT molecular complexity index is 537. The lowest BCUT2D eigenvalue weighted by molar-refractivity contribution is -0.116. The second-order valence-electron chi connectivity index (χ2n) is 3.28. The molecule has 0 spiro atoms. The fraction of sp³-hybridized carbons (Fsp3) is 0.222. The van der Waals surface area contributed by atoms with Crippen LogP contribution in [0.2, 0.25) is 0 Å². The molecule has 1 heterocycles. The number of hydrogen-bond acceptors (Lipinski definition) is 4. The summed E-state index contributed by atoms with van der Waals surface area (Å²) >= 11 is 0. The lowest BCUT2D eigenvalue weighted by Crippen LogP contribution is -2.10. The number of amides is 1. The van der Waals surface area contributed by atoms with E-state index in [9.17, 15) is 13.2 Å². The maximum atomic E-state index is 11.2. The number of rotatable bonds is 1. The third-order valence-electron chi connectivity index (χ3n) is 2.11. The zero-order valence-electron chi connectivity index (χ0n) is 8.13. The van der Waals surface area contributed by atoms with E-state index in [2.05, 4.69) is 5.32 Å². The molecular formula is C9H9NO5S. The zero-order chi connectivity index (χ0) is 11.8. The van der Waals surface area contributed by atoms with Crippen molar-refractivity contribution in [1.82, 2.24) is 0 Å². The SMILES string of the molecule is O=C1CCOc2ccc(S(=O)(=O)O)cc2N1. The first-order chi connectivity index (χ1) is 7.47.